The summed E-state index contributed by atoms with van der Waals surface area (Å²) in [6.07, 6.45) is 10.1. The molecule has 3 amide bonds. The minimum atomic E-state index is -0.518. The van der Waals surface area contributed by atoms with Crippen LogP contribution in [0, 0.1) is 0 Å². The van der Waals surface area contributed by atoms with Crippen molar-refractivity contribution in [2.45, 2.75) is 45.2 Å². The van der Waals surface area contributed by atoms with Gasteiger partial charge < -0.3 is 10.1 Å². The summed E-state index contributed by atoms with van der Waals surface area (Å²) in [6, 6.07) is 6.73. The average Bonchev–Trinajstić information content (AvgIpc) is 3.30. The van der Waals surface area contributed by atoms with E-state index in [1.165, 1.54) is 22.3 Å². The van der Waals surface area contributed by atoms with Crippen molar-refractivity contribution >= 4 is 29.8 Å². The molecule has 4 heterocycles. The molecule has 3 aliphatic rings. The van der Waals surface area contributed by atoms with Crippen molar-refractivity contribution in [1.82, 2.24) is 24.3 Å². The first-order chi connectivity index (χ1) is 17.5. The number of hydrogen-bond acceptors (Lipinski definition) is 6. The Bertz CT molecular complexity index is 1320. The van der Waals surface area contributed by atoms with E-state index in [1.54, 1.807) is 24.3 Å². The smallest absolute Gasteiger partial charge is 0.352 e. The minimum absolute atomic E-state index is 0.0839. The lowest BCUT2D eigenvalue weighted by atomic mass is 10.1. The summed E-state index contributed by atoms with van der Waals surface area (Å²) in [7, 11) is 0. The molecule has 1 aromatic heterocycles. The van der Waals surface area contributed by atoms with Crippen LogP contribution in [0.1, 0.15) is 44.2 Å². The van der Waals surface area contributed by atoms with Crippen molar-refractivity contribution in [2.24, 2.45) is 4.99 Å². The predicted molar refractivity (Wildman–Crippen MR) is 136 cm³/mol. The summed E-state index contributed by atoms with van der Waals surface area (Å²) < 4.78 is 1.36. The Hall–Kier alpha value is -3.50. The predicted octanol–water partition coefficient (Wildman–Crippen LogP) is 0.781. The number of imide groups is 1. The van der Waals surface area contributed by atoms with E-state index < -0.39 is 6.03 Å². The zero-order valence-corrected chi connectivity index (χ0v) is 20.4. The molecule has 2 aromatic rings. The molecule has 0 bridgehead atoms. The molecule has 0 radical (unpaired) electrons. The van der Waals surface area contributed by atoms with E-state index in [4.69, 9.17) is 0 Å². The highest BCUT2D eigenvalue weighted by atomic mass is 16.3. The second-order valence-electron chi connectivity index (χ2n) is 9.70. The maximum Gasteiger partial charge on any atom is 0.352 e. The van der Waals surface area contributed by atoms with Gasteiger partial charge in [0.05, 0.1) is 13.3 Å². The molecular weight excluding hydrogens is 460 g/mol. The van der Waals surface area contributed by atoms with Gasteiger partial charge in [0.1, 0.15) is 11.4 Å². The number of carbonyl (C=O) groups is 2. The molecule has 0 atom stereocenters. The van der Waals surface area contributed by atoms with Crippen molar-refractivity contribution in [2.75, 3.05) is 32.8 Å². The van der Waals surface area contributed by atoms with E-state index in [-0.39, 0.29) is 29.9 Å². The fourth-order valence-electron chi connectivity index (χ4n) is 4.98. The Kier molecular flexibility index (Phi) is 7.15. The largest absolute Gasteiger partial charge is 0.493 e. The quantitative estimate of drug-likeness (QED) is 0.616. The molecule has 5 rings (SSSR count). The van der Waals surface area contributed by atoms with E-state index in [2.05, 4.69) is 19.8 Å². The molecule has 36 heavy (non-hydrogen) atoms. The number of nitrogens with one attached hydrogen (secondary N) is 1. The van der Waals surface area contributed by atoms with Gasteiger partial charge in [-0.15, -0.1) is 0 Å². The Morgan fingerprint density at radius 2 is 1.36 bits per heavy atom. The number of aromatic amines is 1. The van der Waals surface area contributed by atoms with Crippen molar-refractivity contribution in [3.05, 3.63) is 50.9 Å². The topological polar surface area (TPSA) is 114 Å². The highest BCUT2D eigenvalue weighted by Gasteiger charge is 2.33. The summed E-state index contributed by atoms with van der Waals surface area (Å²) in [4.78, 5) is 49.6. The third-order valence-electron chi connectivity index (χ3n) is 7.03. The fourth-order valence-corrected chi connectivity index (χ4v) is 4.98. The lowest BCUT2D eigenvalue weighted by molar-refractivity contribution is -0.122. The minimum Gasteiger partial charge on any atom is -0.493 e. The average molecular weight is 493 g/mol. The molecule has 0 spiro atoms. The maximum atomic E-state index is 12.8. The lowest BCUT2D eigenvalue weighted by Crippen LogP contribution is -2.44. The molecule has 2 N–H and O–H groups in total. The van der Waals surface area contributed by atoms with Gasteiger partial charge in [-0.3, -0.25) is 14.6 Å². The van der Waals surface area contributed by atoms with Crippen LogP contribution in [0.25, 0.3) is 12.2 Å². The number of urea groups is 1. The van der Waals surface area contributed by atoms with Gasteiger partial charge in [0.2, 0.25) is 5.88 Å². The summed E-state index contributed by atoms with van der Waals surface area (Å²) in [5, 5.41) is 12.1. The van der Waals surface area contributed by atoms with Crippen LogP contribution in [-0.4, -0.2) is 79.9 Å². The van der Waals surface area contributed by atoms with Crippen LogP contribution in [0.5, 0.6) is 5.88 Å². The van der Waals surface area contributed by atoms with Crippen LogP contribution in [0.2, 0.25) is 0 Å². The molecule has 0 unspecified atom stereocenters. The first-order valence-electron chi connectivity index (χ1n) is 12.7. The van der Waals surface area contributed by atoms with Gasteiger partial charge in [-0.2, -0.15) is 4.99 Å². The van der Waals surface area contributed by atoms with E-state index in [1.807, 2.05) is 12.1 Å². The molecule has 0 saturated carbocycles. The van der Waals surface area contributed by atoms with Crippen molar-refractivity contribution in [3.63, 3.8) is 0 Å². The summed E-state index contributed by atoms with van der Waals surface area (Å²) >= 11 is 0. The highest BCUT2D eigenvalue weighted by molar-refractivity contribution is 6.55. The summed E-state index contributed by atoms with van der Waals surface area (Å²) in [6.45, 7) is 4.26. The number of benzene rings is 1. The van der Waals surface area contributed by atoms with Crippen molar-refractivity contribution in [1.29, 1.82) is 0 Å². The summed E-state index contributed by atoms with van der Waals surface area (Å²) in [5.41, 5.74) is 0.138. The number of piperidine rings is 2. The molecule has 3 aliphatic heterocycles. The fraction of sp³-hybridized carbons (Fsp3) is 0.462. The van der Waals surface area contributed by atoms with Gasteiger partial charge in [-0.05, 0) is 74.5 Å². The number of aromatic hydroxyl groups is 1. The first kappa shape index (κ1) is 24.2. The van der Waals surface area contributed by atoms with E-state index in [0.29, 0.717) is 12.4 Å². The third-order valence-corrected chi connectivity index (χ3v) is 7.03. The molecule has 0 aliphatic carbocycles. The molecular formula is C26H32N6O4. The number of nitrogens with zero attached hydrogens (tertiary/aromatic N) is 5. The van der Waals surface area contributed by atoms with E-state index in [0.717, 1.165) is 62.3 Å². The lowest BCUT2D eigenvalue weighted by Gasteiger charge is -2.29. The molecule has 10 heteroatoms. The van der Waals surface area contributed by atoms with Crippen LogP contribution in [0.3, 0.4) is 0 Å². The zero-order valence-electron chi connectivity index (χ0n) is 20.4. The Balaban J connectivity index is 1.29. The van der Waals surface area contributed by atoms with Crippen molar-refractivity contribution in [3.8, 4) is 5.88 Å². The van der Waals surface area contributed by atoms with Gasteiger partial charge in [0.25, 0.3) is 5.91 Å². The van der Waals surface area contributed by atoms with Crippen LogP contribution in [-0.2, 0) is 11.5 Å². The van der Waals surface area contributed by atoms with Gasteiger partial charge in [-0.25, -0.2) is 19.1 Å². The van der Waals surface area contributed by atoms with Crippen LogP contribution in [0.15, 0.2) is 34.1 Å². The van der Waals surface area contributed by atoms with Crippen LogP contribution < -0.4 is 16.1 Å². The zero-order chi connectivity index (χ0) is 25.1. The maximum absolute atomic E-state index is 12.8. The van der Waals surface area contributed by atoms with E-state index >= 15 is 0 Å². The Labute approximate surface area is 208 Å². The monoisotopic (exact) mass is 492 g/mol. The van der Waals surface area contributed by atoms with Crippen LogP contribution >= 0.6 is 0 Å². The summed E-state index contributed by atoms with van der Waals surface area (Å²) in [5.74, 6) is -0.460. The molecule has 1 aromatic carbocycles. The normalized spacial score (nSPS) is 19.6. The number of hydrogen-bond donors (Lipinski definition) is 2. The number of H-pyrrole nitrogens is 1. The second kappa shape index (κ2) is 10.6. The number of rotatable bonds is 6. The van der Waals surface area contributed by atoms with Crippen LogP contribution in [0.4, 0.5) is 4.79 Å². The number of carbonyl (C=O) groups excluding carboxylic acids is 2. The number of imidazole rings is 1. The van der Waals surface area contributed by atoms with Gasteiger partial charge in [0.15, 0.2) is 0 Å². The molecule has 190 valence electrons. The van der Waals surface area contributed by atoms with Gasteiger partial charge in [0, 0.05) is 0 Å². The highest BCUT2D eigenvalue weighted by Crippen LogP contribution is 2.16. The molecule has 10 nitrogen and oxygen atoms in total. The Morgan fingerprint density at radius 3 is 1.97 bits per heavy atom. The third kappa shape index (κ3) is 5.34. The SMILES string of the molecule is O=C1N=C(C=c2ccc(=Cc3[nH]c(=O)n(CN4CCCCC4)c3O)cc2)C(=O)N1CN1CCCCC1. The first-order valence-corrected chi connectivity index (χ1v) is 12.7. The Morgan fingerprint density at radius 1 is 0.806 bits per heavy atom. The molecule has 2 fully saturated rings. The van der Waals surface area contributed by atoms with E-state index in [9.17, 15) is 19.5 Å². The molecule has 2 saturated heterocycles. The second-order valence-corrected chi connectivity index (χ2v) is 9.70. The van der Waals surface area contributed by atoms with Crippen molar-refractivity contribution < 1.29 is 14.7 Å². The standard InChI is InChI=1S/C26H32N6O4/c33-23-21(27-25(35)31(23)17-29-11-3-1-4-12-29)15-19-7-9-20(10-8-19)16-22-24(34)32(26(36)28-22)18-30-13-5-2-6-14-30/h7-10,15-16,33H,1-6,11-14,17-18H2,(H,27,35). The van der Waals surface area contributed by atoms with Gasteiger partial charge >= 0.3 is 11.7 Å². The number of likely N-dealkylation sites (tertiary alicyclic amines) is 2. The number of aliphatic imine (C=N–C) groups is 1. The number of aromatic nitrogens is 2. The number of amides is 3. The van der Waals surface area contributed by atoms with Gasteiger partial charge in [-0.1, -0.05) is 37.1 Å².